The third kappa shape index (κ3) is 2.87. The molecule has 0 fully saturated rings. The summed E-state index contributed by atoms with van der Waals surface area (Å²) in [6, 6.07) is 8.39. The molecule has 2 aromatic rings. The predicted octanol–water partition coefficient (Wildman–Crippen LogP) is 2.17. The lowest BCUT2D eigenvalue weighted by Crippen LogP contribution is -1.96. The van der Waals surface area contributed by atoms with Crippen molar-refractivity contribution in [1.29, 1.82) is 0 Å². The largest absolute Gasteiger partial charge is 0.326 e. The number of benzene rings is 1. The van der Waals surface area contributed by atoms with E-state index in [4.69, 9.17) is 5.73 Å². The molecule has 0 bridgehead atoms. The van der Waals surface area contributed by atoms with Crippen molar-refractivity contribution < 1.29 is 0 Å². The quantitative estimate of drug-likeness (QED) is 0.823. The molecule has 0 aliphatic carbocycles. The number of aromatic nitrogens is 2. The minimum atomic E-state index is 0.603. The first-order chi connectivity index (χ1) is 7.78. The Morgan fingerprint density at radius 1 is 1.38 bits per heavy atom. The number of nitrogens with two attached hydrogens (primary N) is 1. The summed E-state index contributed by atoms with van der Waals surface area (Å²) in [6.07, 6.45) is 3.91. The molecule has 0 amide bonds. The first-order valence-corrected chi connectivity index (χ1v) is 6.16. The number of rotatable bonds is 4. The Labute approximate surface area is 99.7 Å². The number of thioether (sulfide) groups is 1. The van der Waals surface area contributed by atoms with Gasteiger partial charge in [-0.15, -0.1) is 11.8 Å². The normalized spacial score (nSPS) is 10.6. The SMILES string of the molecule is Cn1cc(SCc2cccc(CN)c2)cn1. The fraction of sp³-hybridized carbons (Fsp3) is 0.250. The number of aryl methyl sites for hydroxylation is 1. The molecule has 0 unspecified atom stereocenters. The minimum Gasteiger partial charge on any atom is -0.326 e. The van der Waals surface area contributed by atoms with Crippen molar-refractivity contribution in [2.75, 3.05) is 0 Å². The van der Waals surface area contributed by atoms with E-state index < -0.39 is 0 Å². The predicted molar refractivity (Wildman–Crippen MR) is 67.1 cm³/mol. The molecule has 0 aliphatic heterocycles. The summed E-state index contributed by atoms with van der Waals surface area (Å²) in [5.74, 6) is 0.958. The molecule has 1 heterocycles. The smallest absolute Gasteiger partial charge is 0.0625 e. The summed E-state index contributed by atoms with van der Waals surface area (Å²) >= 11 is 1.79. The number of hydrogen-bond donors (Lipinski definition) is 1. The van der Waals surface area contributed by atoms with Crippen molar-refractivity contribution in [2.24, 2.45) is 12.8 Å². The van der Waals surface area contributed by atoms with Crippen molar-refractivity contribution in [1.82, 2.24) is 9.78 Å². The molecule has 1 aromatic heterocycles. The Hall–Kier alpha value is -1.26. The van der Waals surface area contributed by atoms with E-state index in [9.17, 15) is 0 Å². The second kappa shape index (κ2) is 5.18. The van der Waals surface area contributed by atoms with Gasteiger partial charge in [-0.3, -0.25) is 4.68 Å². The van der Waals surface area contributed by atoms with Crippen LogP contribution in [-0.4, -0.2) is 9.78 Å². The molecule has 0 radical (unpaired) electrons. The van der Waals surface area contributed by atoms with Crippen molar-refractivity contribution in [3.63, 3.8) is 0 Å². The van der Waals surface area contributed by atoms with E-state index in [2.05, 4.69) is 29.4 Å². The zero-order chi connectivity index (χ0) is 11.4. The molecule has 0 spiro atoms. The van der Waals surface area contributed by atoms with E-state index in [0.29, 0.717) is 6.54 Å². The van der Waals surface area contributed by atoms with Crippen molar-refractivity contribution >= 4 is 11.8 Å². The fourth-order valence-corrected chi connectivity index (χ4v) is 2.35. The minimum absolute atomic E-state index is 0.603. The lowest BCUT2D eigenvalue weighted by Gasteiger charge is -2.02. The molecule has 1 aromatic carbocycles. The van der Waals surface area contributed by atoms with Gasteiger partial charge in [0.25, 0.3) is 0 Å². The lowest BCUT2D eigenvalue weighted by molar-refractivity contribution is 0.766. The van der Waals surface area contributed by atoms with Crippen LogP contribution in [0.5, 0.6) is 0 Å². The summed E-state index contributed by atoms with van der Waals surface area (Å²) in [5, 5.41) is 4.14. The van der Waals surface area contributed by atoms with E-state index in [1.165, 1.54) is 16.0 Å². The Morgan fingerprint density at radius 2 is 2.19 bits per heavy atom. The molecular formula is C12H15N3S. The highest BCUT2D eigenvalue weighted by molar-refractivity contribution is 7.98. The molecule has 0 saturated heterocycles. The van der Waals surface area contributed by atoms with Crippen LogP contribution < -0.4 is 5.73 Å². The number of nitrogens with zero attached hydrogens (tertiary/aromatic N) is 2. The maximum absolute atomic E-state index is 5.61. The third-order valence-electron chi connectivity index (χ3n) is 2.31. The van der Waals surface area contributed by atoms with E-state index >= 15 is 0 Å². The van der Waals surface area contributed by atoms with Gasteiger partial charge in [0.05, 0.1) is 6.20 Å². The van der Waals surface area contributed by atoms with Gasteiger partial charge in [0.15, 0.2) is 0 Å². The lowest BCUT2D eigenvalue weighted by atomic mass is 10.1. The maximum Gasteiger partial charge on any atom is 0.0625 e. The zero-order valence-electron chi connectivity index (χ0n) is 9.26. The summed E-state index contributed by atoms with van der Waals surface area (Å²) < 4.78 is 1.82. The van der Waals surface area contributed by atoms with Gasteiger partial charge in [0, 0.05) is 30.4 Å². The molecular weight excluding hydrogens is 218 g/mol. The molecule has 3 nitrogen and oxygen atoms in total. The van der Waals surface area contributed by atoms with Crippen LogP contribution in [0.4, 0.5) is 0 Å². The third-order valence-corrected chi connectivity index (χ3v) is 3.34. The monoisotopic (exact) mass is 233 g/mol. The zero-order valence-corrected chi connectivity index (χ0v) is 10.1. The first kappa shape index (κ1) is 11.2. The van der Waals surface area contributed by atoms with Gasteiger partial charge in [-0.1, -0.05) is 24.3 Å². The average molecular weight is 233 g/mol. The van der Waals surface area contributed by atoms with E-state index in [0.717, 1.165) is 5.75 Å². The topological polar surface area (TPSA) is 43.8 Å². The van der Waals surface area contributed by atoms with Crippen LogP contribution in [0.2, 0.25) is 0 Å². The average Bonchev–Trinajstić information content (AvgIpc) is 2.73. The Morgan fingerprint density at radius 3 is 2.88 bits per heavy atom. The van der Waals surface area contributed by atoms with Gasteiger partial charge in [-0.2, -0.15) is 5.10 Å². The Bertz CT molecular complexity index is 465. The van der Waals surface area contributed by atoms with Crippen molar-refractivity contribution in [3.8, 4) is 0 Å². The molecule has 4 heteroatoms. The first-order valence-electron chi connectivity index (χ1n) is 5.17. The van der Waals surface area contributed by atoms with Gasteiger partial charge < -0.3 is 5.73 Å². The molecule has 16 heavy (non-hydrogen) atoms. The van der Waals surface area contributed by atoms with Crippen molar-refractivity contribution in [3.05, 3.63) is 47.8 Å². The highest BCUT2D eigenvalue weighted by Crippen LogP contribution is 2.22. The molecule has 0 aliphatic rings. The highest BCUT2D eigenvalue weighted by atomic mass is 32.2. The standard InChI is InChI=1S/C12H15N3S/c1-15-8-12(7-14-15)16-9-11-4-2-3-10(5-11)6-13/h2-5,7-8H,6,9,13H2,1H3. The Kier molecular flexibility index (Phi) is 3.64. The summed E-state index contributed by atoms with van der Waals surface area (Å²) in [7, 11) is 1.93. The summed E-state index contributed by atoms with van der Waals surface area (Å²) in [6.45, 7) is 0.603. The van der Waals surface area contributed by atoms with Crippen LogP contribution in [-0.2, 0) is 19.3 Å². The van der Waals surface area contributed by atoms with Gasteiger partial charge in [0.1, 0.15) is 0 Å². The van der Waals surface area contributed by atoms with Gasteiger partial charge in [-0.25, -0.2) is 0 Å². The molecule has 0 atom stereocenters. The second-order valence-corrected chi connectivity index (χ2v) is 4.71. The molecule has 2 N–H and O–H groups in total. The maximum atomic E-state index is 5.61. The summed E-state index contributed by atoms with van der Waals surface area (Å²) in [4.78, 5) is 1.20. The Balaban J connectivity index is 1.99. The van der Waals surface area contributed by atoms with Crippen LogP contribution in [0.25, 0.3) is 0 Å². The van der Waals surface area contributed by atoms with Crippen LogP contribution in [0.3, 0.4) is 0 Å². The van der Waals surface area contributed by atoms with Gasteiger partial charge in [-0.05, 0) is 11.1 Å². The van der Waals surface area contributed by atoms with E-state index in [1.54, 1.807) is 11.8 Å². The molecule has 2 rings (SSSR count). The second-order valence-electron chi connectivity index (χ2n) is 3.66. The van der Waals surface area contributed by atoms with Crippen LogP contribution in [0.1, 0.15) is 11.1 Å². The molecule has 0 saturated carbocycles. The fourth-order valence-electron chi connectivity index (χ4n) is 1.49. The van der Waals surface area contributed by atoms with Gasteiger partial charge in [0.2, 0.25) is 0 Å². The number of hydrogen-bond acceptors (Lipinski definition) is 3. The van der Waals surface area contributed by atoms with Crippen LogP contribution >= 0.6 is 11.8 Å². The van der Waals surface area contributed by atoms with E-state index in [1.807, 2.05) is 24.1 Å². The van der Waals surface area contributed by atoms with E-state index in [-0.39, 0.29) is 0 Å². The summed E-state index contributed by atoms with van der Waals surface area (Å²) in [5.41, 5.74) is 8.10. The van der Waals surface area contributed by atoms with Crippen molar-refractivity contribution in [2.45, 2.75) is 17.2 Å². The van der Waals surface area contributed by atoms with Crippen LogP contribution in [0.15, 0.2) is 41.6 Å². The van der Waals surface area contributed by atoms with Crippen LogP contribution in [0, 0.1) is 0 Å². The molecule has 84 valence electrons. The van der Waals surface area contributed by atoms with Gasteiger partial charge >= 0.3 is 0 Å². The highest BCUT2D eigenvalue weighted by Gasteiger charge is 1.99.